The molecule has 26 heavy (non-hydrogen) atoms. The maximum atomic E-state index is 12.8. The third-order valence-electron chi connectivity index (χ3n) is 5.72. The summed E-state index contributed by atoms with van der Waals surface area (Å²) >= 11 is 0. The average Bonchev–Trinajstić information content (AvgIpc) is 3.09. The second-order valence-electron chi connectivity index (χ2n) is 7.53. The molecule has 1 saturated carbocycles. The molecule has 1 N–H and O–H groups in total. The standard InChI is InChI=1S/C21H28N2O3/c1-2-6-19(20(25)22-14-24)16-9-10-17-12-23(13-18(17)11-16)21(26)15-7-4-3-5-8-15/h9-11,14-15,19H,2-8,12-13H2,1H3,(H,22,24,25). The predicted molar refractivity (Wildman–Crippen MR) is 99.1 cm³/mol. The molecule has 5 nitrogen and oxygen atoms in total. The van der Waals surface area contributed by atoms with E-state index in [1.165, 1.54) is 12.0 Å². The molecule has 0 radical (unpaired) electrons. The first-order valence-corrected chi connectivity index (χ1v) is 9.78. The van der Waals surface area contributed by atoms with Gasteiger partial charge in [0.25, 0.3) is 0 Å². The van der Waals surface area contributed by atoms with Gasteiger partial charge in [-0.1, -0.05) is 50.8 Å². The average molecular weight is 356 g/mol. The topological polar surface area (TPSA) is 66.5 Å². The van der Waals surface area contributed by atoms with E-state index in [2.05, 4.69) is 5.32 Å². The number of imide groups is 1. The van der Waals surface area contributed by atoms with Gasteiger partial charge in [-0.15, -0.1) is 0 Å². The molecule has 1 heterocycles. The van der Waals surface area contributed by atoms with E-state index in [-0.39, 0.29) is 23.7 Å². The van der Waals surface area contributed by atoms with Crippen molar-refractivity contribution in [2.45, 2.75) is 70.9 Å². The van der Waals surface area contributed by atoms with Crippen LogP contribution < -0.4 is 5.32 Å². The van der Waals surface area contributed by atoms with Gasteiger partial charge < -0.3 is 4.90 Å². The minimum absolute atomic E-state index is 0.184. The van der Waals surface area contributed by atoms with Crippen LogP contribution in [0.25, 0.3) is 0 Å². The number of nitrogens with one attached hydrogen (secondary N) is 1. The summed E-state index contributed by atoms with van der Waals surface area (Å²) in [7, 11) is 0. The highest BCUT2D eigenvalue weighted by molar-refractivity contribution is 5.91. The lowest BCUT2D eigenvalue weighted by Crippen LogP contribution is -2.33. The van der Waals surface area contributed by atoms with Crippen LogP contribution in [0.4, 0.5) is 0 Å². The van der Waals surface area contributed by atoms with E-state index < -0.39 is 0 Å². The molecule has 140 valence electrons. The van der Waals surface area contributed by atoms with Gasteiger partial charge in [0.15, 0.2) is 0 Å². The minimum Gasteiger partial charge on any atom is -0.334 e. The first kappa shape index (κ1) is 18.6. The first-order chi connectivity index (χ1) is 12.6. The highest BCUT2D eigenvalue weighted by atomic mass is 16.2. The molecule has 1 aromatic carbocycles. The van der Waals surface area contributed by atoms with Gasteiger partial charge in [0.05, 0.1) is 5.92 Å². The Hall–Kier alpha value is -2.17. The van der Waals surface area contributed by atoms with Gasteiger partial charge in [0, 0.05) is 19.0 Å². The van der Waals surface area contributed by atoms with Crippen LogP contribution in [-0.2, 0) is 27.5 Å². The van der Waals surface area contributed by atoms with Crippen molar-refractivity contribution in [3.63, 3.8) is 0 Å². The number of fused-ring (bicyclic) bond motifs is 1. The molecular weight excluding hydrogens is 328 g/mol. The maximum Gasteiger partial charge on any atom is 0.233 e. The zero-order chi connectivity index (χ0) is 18.5. The lowest BCUT2D eigenvalue weighted by atomic mass is 9.88. The van der Waals surface area contributed by atoms with Gasteiger partial charge >= 0.3 is 0 Å². The van der Waals surface area contributed by atoms with Crippen LogP contribution in [0.2, 0.25) is 0 Å². The second-order valence-corrected chi connectivity index (χ2v) is 7.53. The van der Waals surface area contributed by atoms with Gasteiger partial charge in [-0.25, -0.2) is 0 Å². The lowest BCUT2D eigenvalue weighted by Gasteiger charge is -2.25. The fraction of sp³-hybridized carbons (Fsp3) is 0.571. The summed E-state index contributed by atoms with van der Waals surface area (Å²) in [6.07, 6.45) is 7.60. The van der Waals surface area contributed by atoms with Crippen LogP contribution in [0, 0.1) is 5.92 Å². The summed E-state index contributed by atoms with van der Waals surface area (Å²) in [5, 5.41) is 2.28. The SMILES string of the molecule is CCCC(C(=O)NC=O)c1ccc2c(c1)CN(C(=O)C1CCCCC1)C2. The van der Waals surface area contributed by atoms with E-state index in [1.807, 2.05) is 30.0 Å². The third-order valence-corrected chi connectivity index (χ3v) is 5.72. The van der Waals surface area contributed by atoms with Crippen molar-refractivity contribution in [3.8, 4) is 0 Å². The van der Waals surface area contributed by atoms with Crippen molar-refractivity contribution in [3.05, 3.63) is 34.9 Å². The number of carbonyl (C=O) groups is 3. The van der Waals surface area contributed by atoms with E-state index in [0.717, 1.165) is 43.2 Å². The van der Waals surface area contributed by atoms with E-state index in [9.17, 15) is 14.4 Å². The minimum atomic E-state index is -0.321. The summed E-state index contributed by atoms with van der Waals surface area (Å²) in [4.78, 5) is 37.6. The van der Waals surface area contributed by atoms with Gasteiger partial charge in [-0.05, 0) is 36.0 Å². The number of rotatable bonds is 6. The van der Waals surface area contributed by atoms with Gasteiger partial charge in [-0.3, -0.25) is 19.7 Å². The first-order valence-electron chi connectivity index (χ1n) is 9.78. The molecule has 2 aliphatic rings. The number of benzene rings is 1. The quantitative estimate of drug-likeness (QED) is 0.796. The number of hydrogen-bond acceptors (Lipinski definition) is 3. The molecule has 1 aliphatic carbocycles. The summed E-state index contributed by atoms with van der Waals surface area (Å²) in [5.41, 5.74) is 3.23. The zero-order valence-corrected chi connectivity index (χ0v) is 15.5. The van der Waals surface area contributed by atoms with Crippen LogP contribution in [0.3, 0.4) is 0 Å². The maximum absolute atomic E-state index is 12.8. The van der Waals surface area contributed by atoms with E-state index in [0.29, 0.717) is 25.9 Å². The summed E-state index contributed by atoms with van der Waals surface area (Å²) in [5.74, 6) is -0.108. The summed E-state index contributed by atoms with van der Waals surface area (Å²) in [6, 6.07) is 6.06. The molecule has 0 saturated heterocycles. The molecule has 1 unspecified atom stereocenters. The number of hydrogen-bond donors (Lipinski definition) is 1. The third kappa shape index (κ3) is 3.97. The lowest BCUT2D eigenvalue weighted by molar-refractivity contribution is -0.137. The second kappa shape index (κ2) is 8.47. The largest absolute Gasteiger partial charge is 0.334 e. The highest BCUT2D eigenvalue weighted by Gasteiger charge is 2.30. The van der Waals surface area contributed by atoms with Crippen molar-refractivity contribution < 1.29 is 14.4 Å². The fourth-order valence-corrected chi connectivity index (χ4v) is 4.29. The van der Waals surface area contributed by atoms with Crippen molar-refractivity contribution in [1.82, 2.24) is 10.2 Å². The van der Waals surface area contributed by atoms with Gasteiger partial charge in [0.1, 0.15) is 0 Å². The van der Waals surface area contributed by atoms with Crippen LogP contribution in [0.15, 0.2) is 18.2 Å². The summed E-state index contributed by atoms with van der Waals surface area (Å²) < 4.78 is 0. The van der Waals surface area contributed by atoms with Crippen molar-refractivity contribution in [1.29, 1.82) is 0 Å². The van der Waals surface area contributed by atoms with Crippen LogP contribution in [0.5, 0.6) is 0 Å². The Bertz CT molecular complexity index is 680. The normalized spacial score (nSPS) is 18.3. The van der Waals surface area contributed by atoms with Crippen molar-refractivity contribution in [2.24, 2.45) is 5.92 Å². The molecule has 3 amide bonds. The molecule has 5 heteroatoms. The van der Waals surface area contributed by atoms with Crippen LogP contribution in [0.1, 0.15) is 74.5 Å². The Balaban J connectivity index is 1.73. The molecule has 1 aromatic rings. The Kier molecular flexibility index (Phi) is 6.07. The monoisotopic (exact) mass is 356 g/mol. The fourth-order valence-electron chi connectivity index (χ4n) is 4.29. The van der Waals surface area contributed by atoms with E-state index in [1.54, 1.807) is 0 Å². The molecule has 0 aromatic heterocycles. The Morgan fingerprint density at radius 3 is 2.62 bits per heavy atom. The smallest absolute Gasteiger partial charge is 0.233 e. The van der Waals surface area contributed by atoms with E-state index >= 15 is 0 Å². The van der Waals surface area contributed by atoms with Gasteiger partial charge in [-0.2, -0.15) is 0 Å². The number of nitrogens with zero attached hydrogens (tertiary/aromatic N) is 1. The molecule has 3 rings (SSSR count). The number of amides is 3. The van der Waals surface area contributed by atoms with E-state index in [4.69, 9.17) is 0 Å². The Morgan fingerprint density at radius 1 is 1.19 bits per heavy atom. The predicted octanol–water partition coefficient (Wildman–Crippen LogP) is 3.27. The zero-order valence-electron chi connectivity index (χ0n) is 15.5. The Labute approximate surface area is 155 Å². The van der Waals surface area contributed by atoms with Crippen molar-refractivity contribution in [2.75, 3.05) is 0 Å². The van der Waals surface area contributed by atoms with Crippen LogP contribution in [-0.4, -0.2) is 23.1 Å². The summed E-state index contributed by atoms with van der Waals surface area (Å²) in [6.45, 7) is 3.33. The molecule has 1 fully saturated rings. The number of carbonyl (C=O) groups excluding carboxylic acids is 3. The molecule has 0 bridgehead atoms. The van der Waals surface area contributed by atoms with Gasteiger partial charge in [0.2, 0.25) is 18.2 Å². The molecule has 1 aliphatic heterocycles. The van der Waals surface area contributed by atoms with Crippen LogP contribution >= 0.6 is 0 Å². The van der Waals surface area contributed by atoms with Crippen molar-refractivity contribution >= 4 is 18.2 Å². The molecular formula is C21H28N2O3. The molecule has 1 atom stereocenters. The highest BCUT2D eigenvalue weighted by Crippen LogP contribution is 2.32. The molecule has 0 spiro atoms. The Morgan fingerprint density at radius 2 is 1.92 bits per heavy atom.